The molecular formula is C17H14FN3O4. The van der Waals surface area contributed by atoms with Crippen molar-refractivity contribution in [3.05, 3.63) is 60.3 Å². The van der Waals surface area contributed by atoms with Gasteiger partial charge >= 0.3 is 0 Å². The molecule has 128 valence electrons. The van der Waals surface area contributed by atoms with Crippen molar-refractivity contribution in [3.63, 3.8) is 0 Å². The van der Waals surface area contributed by atoms with Crippen LogP contribution in [0, 0.1) is 5.82 Å². The van der Waals surface area contributed by atoms with Crippen molar-refractivity contribution in [2.24, 2.45) is 0 Å². The van der Waals surface area contributed by atoms with Crippen LogP contribution >= 0.6 is 0 Å². The lowest BCUT2D eigenvalue weighted by Gasteiger charge is -2.11. The number of aromatic nitrogens is 1. The molecular weight excluding hydrogens is 329 g/mol. The highest BCUT2D eigenvalue weighted by Crippen LogP contribution is 2.24. The predicted octanol–water partition coefficient (Wildman–Crippen LogP) is 2.83. The van der Waals surface area contributed by atoms with Crippen LogP contribution < -0.4 is 10.6 Å². The first-order valence-corrected chi connectivity index (χ1v) is 7.40. The molecule has 0 aliphatic heterocycles. The minimum Gasteiger partial charge on any atom is -0.472 e. The molecule has 3 rings (SSSR count). The van der Waals surface area contributed by atoms with Gasteiger partial charge in [0.15, 0.2) is 0 Å². The molecule has 2 N–H and O–H groups in total. The molecule has 0 spiro atoms. The first-order chi connectivity index (χ1) is 12.0. The lowest BCUT2D eigenvalue weighted by atomic mass is 10.1. The Bertz CT molecular complexity index is 889. The van der Waals surface area contributed by atoms with E-state index in [1.807, 2.05) is 0 Å². The van der Waals surface area contributed by atoms with Gasteiger partial charge in [-0.15, -0.1) is 0 Å². The van der Waals surface area contributed by atoms with Gasteiger partial charge < -0.3 is 14.3 Å². The number of nitrogens with one attached hydrogen (secondary N) is 2. The molecule has 2 amide bonds. The van der Waals surface area contributed by atoms with Crippen molar-refractivity contribution in [2.45, 2.75) is 13.0 Å². The Morgan fingerprint density at radius 3 is 2.76 bits per heavy atom. The quantitative estimate of drug-likeness (QED) is 0.742. The summed E-state index contributed by atoms with van der Waals surface area (Å²) in [6.45, 7) is 1.52. The van der Waals surface area contributed by atoms with Gasteiger partial charge in [0.2, 0.25) is 11.8 Å². The number of benzene rings is 1. The topological polar surface area (TPSA) is 97.4 Å². The highest BCUT2D eigenvalue weighted by Gasteiger charge is 2.19. The van der Waals surface area contributed by atoms with E-state index >= 15 is 0 Å². The Hall–Kier alpha value is -3.42. The van der Waals surface area contributed by atoms with E-state index in [0.717, 1.165) is 0 Å². The first-order valence-electron chi connectivity index (χ1n) is 7.40. The number of hydrogen-bond acceptors (Lipinski definition) is 5. The van der Waals surface area contributed by atoms with Crippen LogP contribution in [-0.2, 0) is 4.79 Å². The fourth-order valence-corrected chi connectivity index (χ4v) is 2.10. The molecule has 2 heterocycles. The Labute approximate surface area is 141 Å². The number of halogens is 1. The van der Waals surface area contributed by atoms with Crippen molar-refractivity contribution in [2.75, 3.05) is 5.32 Å². The Morgan fingerprint density at radius 2 is 2.04 bits per heavy atom. The van der Waals surface area contributed by atoms with E-state index in [1.165, 1.54) is 37.6 Å². The molecule has 8 heteroatoms. The van der Waals surface area contributed by atoms with Gasteiger partial charge in [-0.05, 0) is 25.1 Å². The summed E-state index contributed by atoms with van der Waals surface area (Å²) in [5.74, 6) is -1.35. The van der Waals surface area contributed by atoms with Gasteiger partial charge in [-0.3, -0.25) is 14.9 Å². The molecule has 0 aliphatic rings. The Balaban J connectivity index is 1.63. The van der Waals surface area contributed by atoms with Crippen molar-refractivity contribution in [1.82, 2.24) is 10.5 Å². The number of carbonyl (C=O) groups excluding carboxylic acids is 2. The lowest BCUT2D eigenvalue weighted by Crippen LogP contribution is -2.41. The average Bonchev–Trinajstić information content (AvgIpc) is 3.27. The predicted molar refractivity (Wildman–Crippen MR) is 86.2 cm³/mol. The van der Waals surface area contributed by atoms with Crippen LogP contribution in [0.2, 0.25) is 0 Å². The van der Waals surface area contributed by atoms with Crippen molar-refractivity contribution in [3.8, 4) is 11.3 Å². The average molecular weight is 343 g/mol. The van der Waals surface area contributed by atoms with Crippen molar-refractivity contribution in [1.29, 1.82) is 0 Å². The lowest BCUT2D eigenvalue weighted by molar-refractivity contribution is -0.117. The molecule has 0 saturated carbocycles. The summed E-state index contributed by atoms with van der Waals surface area (Å²) in [4.78, 5) is 24.0. The molecule has 0 aliphatic carbocycles. The molecule has 2 aromatic heterocycles. The molecule has 7 nitrogen and oxygen atoms in total. The summed E-state index contributed by atoms with van der Waals surface area (Å²) in [6, 6.07) is 8.13. The summed E-state index contributed by atoms with van der Waals surface area (Å²) in [5.41, 5.74) is 0.817. The van der Waals surface area contributed by atoms with Crippen LogP contribution in [0.3, 0.4) is 0 Å². The van der Waals surface area contributed by atoms with Gasteiger partial charge in [0, 0.05) is 11.6 Å². The highest BCUT2D eigenvalue weighted by molar-refractivity contribution is 6.00. The SMILES string of the molecule is CC(NC(=O)c1ccoc1)C(=O)Nc1cc(-c2ccccc2F)no1. The largest absolute Gasteiger partial charge is 0.472 e. The standard InChI is InChI=1S/C17H14FN3O4/c1-10(19-17(23)11-6-7-24-9-11)16(22)20-15-8-14(21-25-15)12-4-2-3-5-13(12)18/h2-10H,1H3,(H,19,23)(H,20,22). The zero-order chi connectivity index (χ0) is 17.8. The number of carbonyl (C=O) groups is 2. The third-order valence-electron chi connectivity index (χ3n) is 3.43. The van der Waals surface area contributed by atoms with Gasteiger partial charge in [0.25, 0.3) is 5.91 Å². The normalized spacial score (nSPS) is 11.8. The zero-order valence-corrected chi connectivity index (χ0v) is 13.2. The molecule has 1 atom stereocenters. The van der Waals surface area contributed by atoms with Gasteiger partial charge in [-0.25, -0.2) is 4.39 Å². The van der Waals surface area contributed by atoms with Crippen LogP contribution in [-0.4, -0.2) is 23.0 Å². The molecule has 0 saturated heterocycles. The summed E-state index contributed by atoms with van der Waals surface area (Å²) in [7, 11) is 0. The maximum atomic E-state index is 13.7. The third kappa shape index (κ3) is 3.74. The minimum absolute atomic E-state index is 0.0488. The van der Waals surface area contributed by atoms with E-state index < -0.39 is 23.7 Å². The second kappa shape index (κ2) is 7.00. The second-order valence-corrected chi connectivity index (χ2v) is 5.25. The van der Waals surface area contributed by atoms with Crippen LogP contribution in [0.1, 0.15) is 17.3 Å². The summed E-state index contributed by atoms with van der Waals surface area (Å²) in [5, 5.41) is 8.72. The number of nitrogens with zero attached hydrogens (tertiary/aromatic N) is 1. The smallest absolute Gasteiger partial charge is 0.255 e. The fourth-order valence-electron chi connectivity index (χ4n) is 2.10. The number of rotatable bonds is 5. The van der Waals surface area contributed by atoms with E-state index in [1.54, 1.807) is 18.2 Å². The molecule has 0 fully saturated rings. The van der Waals surface area contributed by atoms with Crippen LogP contribution in [0.15, 0.2) is 57.9 Å². The van der Waals surface area contributed by atoms with Crippen molar-refractivity contribution >= 4 is 17.7 Å². The van der Waals surface area contributed by atoms with E-state index in [2.05, 4.69) is 15.8 Å². The number of anilines is 1. The summed E-state index contributed by atoms with van der Waals surface area (Å²) >= 11 is 0. The molecule has 1 unspecified atom stereocenters. The van der Waals surface area contributed by atoms with Gasteiger partial charge in [-0.2, -0.15) is 0 Å². The summed E-state index contributed by atoms with van der Waals surface area (Å²) < 4.78 is 23.5. The number of furan rings is 1. The minimum atomic E-state index is -0.829. The molecule has 0 radical (unpaired) electrons. The zero-order valence-electron chi connectivity index (χ0n) is 13.2. The van der Waals surface area contributed by atoms with E-state index in [4.69, 9.17) is 8.94 Å². The Kier molecular flexibility index (Phi) is 4.60. The monoisotopic (exact) mass is 343 g/mol. The molecule has 3 aromatic rings. The maximum absolute atomic E-state index is 13.7. The molecule has 0 bridgehead atoms. The van der Waals surface area contributed by atoms with Crippen LogP contribution in [0.5, 0.6) is 0 Å². The second-order valence-electron chi connectivity index (χ2n) is 5.25. The Morgan fingerprint density at radius 1 is 1.24 bits per heavy atom. The van der Waals surface area contributed by atoms with E-state index in [-0.39, 0.29) is 17.1 Å². The molecule has 25 heavy (non-hydrogen) atoms. The van der Waals surface area contributed by atoms with E-state index in [0.29, 0.717) is 5.56 Å². The summed E-state index contributed by atoms with van der Waals surface area (Å²) in [6.07, 6.45) is 2.63. The number of hydrogen-bond donors (Lipinski definition) is 2. The van der Waals surface area contributed by atoms with Crippen molar-refractivity contribution < 1.29 is 22.9 Å². The first kappa shape index (κ1) is 16.4. The van der Waals surface area contributed by atoms with Gasteiger partial charge in [-0.1, -0.05) is 17.3 Å². The number of amides is 2. The van der Waals surface area contributed by atoms with Crippen LogP contribution in [0.4, 0.5) is 10.3 Å². The maximum Gasteiger partial charge on any atom is 0.255 e. The van der Waals surface area contributed by atoms with Crippen LogP contribution in [0.25, 0.3) is 11.3 Å². The fraction of sp³-hybridized carbons (Fsp3) is 0.118. The van der Waals surface area contributed by atoms with Gasteiger partial charge in [0.05, 0.1) is 11.8 Å². The highest BCUT2D eigenvalue weighted by atomic mass is 19.1. The van der Waals surface area contributed by atoms with E-state index in [9.17, 15) is 14.0 Å². The van der Waals surface area contributed by atoms with Gasteiger partial charge in [0.1, 0.15) is 23.8 Å². The third-order valence-corrected chi connectivity index (χ3v) is 3.43. The molecule has 1 aromatic carbocycles.